The van der Waals surface area contributed by atoms with Crippen LogP contribution in [-0.2, 0) is 0 Å². The van der Waals surface area contributed by atoms with Crippen molar-refractivity contribution >= 4 is 23.4 Å². The van der Waals surface area contributed by atoms with Crippen molar-refractivity contribution in [1.29, 1.82) is 0 Å². The van der Waals surface area contributed by atoms with Gasteiger partial charge in [-0.1, -0.05) is 18.5 Å². The lowest BCUT2D eigenvalue weighted by Crippen LogP contribution is -2.18. The highest BCUT2D eigenvalue weighted by atomic mass is 35.5. The minimum Gasteiger partial charge on any atom is -0.330 e. The van der Waals surface area contributed by atoms with Gasteiger partial charge in [-0.2, -0.15) is 0 Å². The number of nitrogens with two attached hydrogens (primary N) is 1. The summed E-state index contributed by atoms with van der Waals surface area (Å²) in [6, 6.07) is 6.17. The van der Waals surface area contributed by atoms with Gasteiger partial charge in [-0.15, -0.1) is 11.8 Å². The van der Waals surface area contributed by atoms with Gasteiger partial charge >= 0.3 is 0 Å². The van der Waals surface area contributed by atoms with Crippen molar-refractivity contribution in [2.45, 2.75) is 17.7 Å². The third-order valence-electron chi connectivity index (χ3n) is 2.85. The Morgan fingerprint density at radius 2 is 2.43 bits per heavy atom. The van der Waals surface area contributed by atoms with Gasteiger partial charge in [0, 0.05) is 15.7 Å². The van der Waals surface area contributed by atoms with E-state index >= 15 is 0 Å². The van der Waals surface area contributed by atoms with Crippen LogP contribution < -0.4 is 5.73 Å². The van der Waals surface area contributed by atoms with Gasteiger partial charge in [0.25, 0.3) is 0 Å². The Balaban J connectivity index is 2.33. The van der Waals surface area contributed by atoms with Crippen LogP contribution in [0.5, 0.6) is 0 Å². The maximum Gasteiger partial charge on any atom is 0.0409 e. The molecule has 0 aliphatic carbocycles. The van der Waals surface area contributed by atoms with Gasteiger partial charge < -0.3 is 5.73 Å². The number of hydrogen-bond acceptors (Lipinski definition) is 2. The van der Waals surface area contributed by atoms with E-state index in [1.807, 2.05) is 17.8 Å². The zero-order valence-corrected chi connectivity index (χ0v) is 9.74. The molecule has 1 aromatic rings. The molecule has 1 heterocycles. The highest BCUT2D eigenvalue weighted by Crippen LogP contribution is 2.43. The molecule has 14 heavy (non-hydrogen) atoms. The Kier molecular flexibility index (Phi) is 3.05. The first-order valence-corrected chi connectivity index (χ1v) is 6.21. The molecule has 0 saturated heterocycles. The van der Waals surface area contributed by atoms with E-state index in [2.05, 4.69) is 19.1 Å². The van der Waals surface area contributed by atoms with Gasteiger partial charge in [-0.3, -0.25) is 0 Å². The second kappa shape index (κ2) is 4.13. The molecule has 2 N–H and O–H groups in total. The van der Waals surface area contributed by atoms with E-state index in [0.717, 1.165) is 17.3 Å². The summed E-state index contributed by atoms with van der Waals surface area (Å²) < 4.78 is 0. The lowest BCUT2D eigenvalue weighted by Gasteiger charge is -2.17. The summed E-state index contributed by atoms with van der Waals surface area (Å²) in [7, 11) is 0. The number of hydrogen-bond donors (Lipinski definition) is 1. The molecule has 2 unspecified atom stereocenters. The summed E-state index contributed by atoms with van der Waals surface area (Å²) in [5, 5.41) is 0.834. The lowest BCUT2D eigenvalue weighted by atomic mass is 9.89. The fourth-order valence-electron chi connectivity index (χ4n) is 1.84. The van der Waals surface area contributed by atoms with Crippen LogP contribution in [0.1, 0.15) is 18.4 Å². The van der Waals surface area contributed by atoms with E-state index in [1.54, 1.807) is 0 Å². The van der Waals surface area contributed by atoms with Gasteiger partial charge in [0.15, 0.2) is 0 Å². The van der Waals surface area contributed by atoms with Crippen molar-refractivity contribution < 1.29 is 0 Å². The molecule has 0 spiro atoms. The van der Waals surface area contributed by atoms with Crippen LogP contribution in [0, 0.1) is 5.92 Å². The van der Waals surface area contributed by atoms with Gasteiger partial charge in [-0.25, -0.2) is 0 Å². The average Bonchev–Trinajstić information content (AvgIpc) is 2.59. The summed E-state index contributed by atoms with van der Waals surface area (Å²) in [6.45, 7) is 2.96. The molecule has 0 saturated carbocycles. The molecule has 0 fully saturated rings. The molecule has 1 aliphatic rings. The van der Waals surface area contributed by atoms with Gasteiger partial charge in [0.1, 0.15) is 0 Å². The second-order valence-electron chi connectivity index (χ2n) is 3.81. The maximum absolute atomic E-state index is 6.00. The first-order valence-electron chi connectivity index (χ1n) is 4.84. The Morgan fingerprint density at radius 1 is 1.64 bits per heavy atom. The second-order valence-corrected chi connectivity index (χ2v) is 5.31. The number of fused-ring (bicyclic) bond motifs is 1. The molecule has 1 aromatic carbocycles. The summed E-state index contributed by atoms with van der Waals surface area (Å²) in [4.78, 5) is 1.37. The average molecular weight is 228 g/mol. The first kappa shape index (κ1) is 10.3. The Morgan fingerprint density at radius 3 is 3.14 bits per heavy atom. The number of rotatable bonds is 2. The van der Waals surface area contributed by atoms with Crippen molar-refractivity contribution in [1.82, 2.24) is 0 Å². The van der Waals surface area contributed by atoms with Crippen molar-refractivity contribution in [3.63, 3.8) is 0 Å². The van der Waals surface area contributed by atoms with Crippen LogP contribution in [0.25, 0.3) is 0 Å². The Bertz CT molecular complexity index is 340. The first-order chi connectivity index (χ1) is 6.72. The van der Waals surface area contributed by atoms with Crippen molar-refractivity contribution in [3.8, 4) is 0 Å². The SMILES string of the molecule is CC(CN)C1CSc2ccc(Cl)cc21. The van der Waals surface area contributed by atoms with Crippen LogP contribution in [0.4, 0.5) is 0 Å². The molecular formula is C11H14ClNS. The van der Waals surface area contributed by atoms with Crippen LogP contribution >= 0.6 is 23.4 Å². The summed E-state index contributed by atoms with van der Waals surface area (Å²) in [6.07, 6.45) is 0. The van der Waals surface area contributed by atoms with Crippen molar-refractivity contribution in [3.05, 3.63) is 28.8 Å². The smallest absolute Gasteiger partial charge is 0.0409 e. The summed E-state index contributed by atoms with van der Waals surface area (Å²) in [5.41, 5.74) is 7.09. The summed E-state index contributed by atoms with van der Waals surface area (Å²) in [5.74, 6) is 2.27. The molecule has 2 rings (SSSR count). The fourth-order valence-corrected chi connectivity index (χ4v) is 3.43. The van der Waals surface area contributed by atoms with E-state index < -0.39 is 0 Å². The minimum atomic E-state index is 0.544. The standard InChI is InChI=1S/C11H14ClNS/c1-7(5-13)10-6-14-11-3-2-8(12)4-9(10)11/h2-4,7,10H,5-6,13H2,1H3. The largest absolute Gasteiger partial charge is 0.330 e. The molecule has 76 valence electrons. The van der Waals surface area contributed by atoms with E-state index in [9.17, 15) is 0 Å². The molecule has 0 radical (unpaired) electrons. The van der Waals surface area contributed by atoms with Gasteiger partial charge in [0.2, 0.25) is 0 Å². The Labute approximate surface area is 94.0 Å². The molecule has 3 heteroatoms. The fraction of sp³-hybridized carbons (Fsp3) is 0.455. The molecular weight excluding hydrogens is 214 g/mol. The lowest BCUT2D eigenvalue weighted by molar-refractivity contribution is 0.506. The molecule has 1 nitrogen and oxygen atoms in total. The molecule has 0 aromatic heterocycles. The van der Waals surface area contributed by atoms with E-state index in [-0.39, 0.29) is 0 Å². The van der Waals surface area contributed by atoms with Crippen LogP contribution in [0.2, 0.25) is 5.02 Å². The molecule has 1 aliphatic heterocycles. The van der Waals surface area contributed by atoms with E-state index in [1.165, 1.54) is 10.5 Å². The Hall–Kier alpha value is -0.180. The van der Waals surface area contributed by atoms with Gasteiger partial charge in [-0.05, 0) is 42.1 Å². The van der Waals surface area contributed by atoms with Crippen LogP contribution in [-0.4, -0.2) is 12.3 Å². The van der Waals surface area contributed by atoms with E-state index in [4.69, 9.17) is 17.3 Å². The third kappa shape index (κ3) is 1.79. The monoisotopic (exact) mass is 227 g/mol. The molecule has 0 amide bonds. The predicted molar refractivity (Wildman–Crippen MR) is 63.1 cm³/mol. The van der Waals surface area contributed by atoms with Crippen molar-refractivity contribution in [2.75, 3.05) is 12.3 Å². The highest BCUT2D eigenvalue weighted by molar-refractivity contribution is 7.99. The van der Waals surface area contributed by atoms with Gasteiger partial charge in [0.05, 0.1) is 0 Å². The maximum atomic E-state index is 6.00. The third-order valence-corrected chi connectivity index (χ3v) is 4.29. The quantitative estimate of drug-likeness (QED) is 0.840. The topological polar surface area (TPSA) is 26.0 Å². The zero-order valence-electron chi connectivity index (χ0n) is 8.16. The number of halogens is 1. The number of thioether (sulfide) groups is 1. The zero-order chi connectivity index (χ0) is 10.1. The normalized spacial score (nSPS) is 22.1. The van der Waals surface area contributed by atoms with Crippen LogP contribution in [0.3, 0.4) is 0 Å². The minimum absolute atomic E-state index is 0.544. The number of benzene rings is 1. The summed E-state index contributed by atoms with van der Waals surface area (Å²) >= 11 is 7.91. The molecule has 2 atom stereocenters. The van der Waals surface area contributed by atoms with Crippen LogP contribution in [0.15, 0.2) is 23.1 Å². The highest BCUT2D eigenvalue weighted by Gasteiger charge is 2.27. The predicted octanol–water partition coefficient (Wildman–Crippen LogP) is 3.12. The molecule has 0 bridgehead atoms. The van der Waals surface area contributed by atoms with Crippen molar-refractivity contribution in [2.24, 2.45) is 11.7 Å². The van der Waals surface area contributed by atoms with E-state index in [0.29, 0.717) is 11.8 Å².